The molecule has 0 aromatic heterocycles. The Bertz CT molecular complexity index is 506. The maximum Gasteiger partial charge on any atom is 0.292 e. The fraction of sp³-hybridized carbons (Fsp3) is 0.462. The van der Waals surface area contributed by atoms with Gasteiger partial charge in [0.2, 0.25) is 5.91 Å². The van der Waals surface area contributed by atoms with Crippen LogP contribution in [0.4, 0.5) is 11.4 Å². The number of primary amides is 1. The number of carbonyl (C=O) groups excluding carboxylic acids is 1. The first-order valence-corrected chi connectivity index (χ1v) is 6.57. The highest BCUT2D eigenvalue weighted by Crippen LogP contribution is 2.28. The highest BCUT2D eigenvalue weighted by Gasteiger charge is 2.22. The van der Waals surface area contributed by atoms with Crippen molar-refractivity contribution in [2.75, 3.05) is 37.6 Å². The molecule has 7 nitrogen and oxygen atoms in total. The number of nitrogens with zero attached hydrogens (tertiary/aromatic N) is 3. The summed E-state index contributed by atoms with van der Waals surface area (Å²) in [6.45, 7) is 3.08. The molecular formula is C13H18N4O3. The van der Waals surface area contributed by atoms with Gasteiger partial charge in [-0.15, -0.1) is 0 Å². The van der Waals surface area contributed by atoms with Crippen molar-refractivity contribution in [2.45, 2.75) is 6.42 Å². The maximum atomic E-state index is 11.1. The Morgan fingerprint density at radius 1 is 1.25 bits per heavy atom. The minimum absolute atomic E-state index is 0.121. The molecule has 0 radical (unpaired) electrons. The number of carbonyl (C=O) groups is 1. The maximum absolute atomic E-state index is 11.1. The molecular weight excluding hydrogens is 260 g/mol. The van der Waals surface area contributed by atoms with E-state index in [0.29, 0.717) is 18.8 Å². The van der Waals surface area contributed by atoms with Crippen LogP contribution in [-0.4, -0.2) is 48.5 Å². The summed E-state index contributed by atoms with van der Waals surface area (Å²) in [5.41, 5.74) is 5.96. The van der Waals surface area contributed by atoms with Crippen molar-refractivity contribution in [1.29, 1.82) is 0 Å². The van der Waals surface area contributed by atoms with Crippen LogP contribution in [0.15, 0.2) is 24.3 Å². The summed E-state index contributed by atoms with van der Waals surface area (Å²) < 4.78 is 0. The number of nitro benzene ring substituents is 1. The first-order valence-electron chi connectivity index (χ1n) is 6.57. The van der Waals surface area contributed by atoms with Crippen molar-refractivity contribution in [3.05, 3.63) is 34.4 Å². The smallest absolute Gasteiger partial charge is 0.292 e. The zero-order chi connectivity index (χ0) is 14.5. The molecule has 7 heteroatoms. The molecule has 1 aliphatic rings. The van der Waals surface area contributed by atoms with E-state index in [1.54, 1.807) is 18.2 Å². The third-order valence-corrected chi connectivity index (χ3v) is 3.39. The molecule has 1 amide bonds. The lowest BCUT2D eigenvalue weighted by molar-refractivity contribution is -0.384. The predicted octanol–water partition coefficient (Wildman–Crippen LogP) is 0.592. The quantitative estimate of drug-likeness (QED) is 0.643. The molecule has 1 saturated heterocycles. The minimum Gasteiger partial charge on any atom is -0.369 e. The van der Waals surface area contributed by atoms with Crippen molar-refractivity contribution in [2.24, 2.45) is 5.73 Å². The summed E-state index contributed by atoms with van der Waals surface area (Å²) in [4.78, 5) is 25.6. The number of benzene rings is 1. The molecule has 0 bridgehead atoms. The number of amides is 1. The van der Waals surface area contributed by atoms with Gasteiger partial charge < -0.3 is 10.6 Å². The van der Waals surface area contributed by atoms with Crippen LogP contribution in [0.25, 0.3) is 0 Å². The van der Waals surface area contributed by atoms with E-state index >= 15 is 0 Å². The second-order valence-corrected chi connectivity index (χ2v) is 4.83. The van der Waals surface area contributed by atoms with Gasteiger partial charge in [-0.1, -0.05) is 12.1 Å². The number of anilines is 1. The number of rotatable bonds is 4. The van der Waals surface area contributed by atoms with Crippen molar-refractivity contribution in [3.8, 4) is 0 Å². The van der Waals surface area contributed by atoms with Crippen LogP contribution in [0.5, 0.6) is 0 Å². The van der Waals surface area contributed by atoms with Crippen molar-refractivity contribution >= 4 is 17.3 Å². The van der Waals surface area contributed by atoms with E-state index in [1.807, 2.05) is 9.80 Å². The molecule has 0 unspecified atom stereocenters. The van der Waals surface area contributed by atoms with Crippen molar-refractivity contribution in [1.82, 2.24) is 4.90 Å². The molecule has 0 spiro atoms. The van der Waals surface area contributed by atoms with Crippen LogP contribution in [0, 0.1) is 10.1 Å². The molecule has 108 valence electrons. The molecule has 0 aliphatic carbocycles. The van der Waals surface area contributed by atoms with Gasteiger partial charge in [-0.25, -0.2) is 0 Å². The molecule has 2 rings (SSSR count). The van der Waals surface area contributed by atoms with E-state index in [2.05, 4.69) is 0 Å². The normalized spacial score (nSPS) is 16.7. The number of hydrogen-bond acceptors (Lipinski definition) is 5. The third kappa shape index (κ3) is 3.45. The Kier molecular flexibility index (Phi) is 4.52. The van der Waals surface area contributed by atoms with E-state index in [-0.39, 0.29) is 23.1 Å². The number of nitro groups is 1. The van der Waals surface area contributed by atoms with Crippen molar-refractivity contribution in [3.63, 3.8) is 0 Å². The molecule has 2 N–H and O–H groups in total. The van der Waals surface area contributed by atoms with E-state index in [0.717, 1.165) is 19.5 Å². The van der Waals surface area contributed by atoms with Gasteiger partial charge in [0.25, 0.3) is 5.69 Å². The summed E-state index contributed by atoms with van der Waals surface area (Å²) in [5, 5.41) is 11.1. The van der Waals surface area contributed by atoms with Gasteiger partial charge in [0.05, 0.1) is 11.5 Å². The Hall–Kier alpha value is -2.15. The highest BCUT2D eigenvalue weighted by molar-refractivity contribution is 5.75. The SMILES string of the molecule is NC(=O)CN1CCCN(c2ccccc2[N+](=O)[O-])CC1. The Morgan fingerprint density at radius 3 is 2.70 bits per heavy atom. The minimum atomic E-state index is -0.360. The first kappa shape index (κ1) is 14.3. The molecule has 1 aromatic carbocycles. The molecule has 1 fully saturated rings. The second-order valence-electron chi connectivity index (χ2n) is 4.83. The Balaban J connectivity index is 2.11. The largest absolute Gasteiger partial charge is 0.369 e. The van der Waals surface area contributed by atoms with Crippen LogP contribution in [0.1, 0.15) is 6.42 Å². The van der Waals surface area contributed by atoms with E-state index in [9.17, 15) is 14.9 Å². The van der Waals surface area contributed by atoms with Gasteiger partial charge in [-0.05, 0) is 12.5 Å². The highest BCUT2D eigenvalue weighted by atomic mass is 16.6. The van der Waals surface area contributed by atoms with Crippen molar-refractivity contribution < 1.29 is 9.72 Å². The Morgan fingerprint density at radius 2 is 2.00 bits per heavy atom. The van der Waals surface area contributed by atoms with Gasteiger partial charge in [0, 0.05) is 32.2 Å². The molecule has 0 atom stereocenters. The summed E-state index contributed by atoms with van der Waals surface area (Å²) in [7, 11) is 0. The van der Waals surface area contributed by atoms with E-state index in [4.69, 9.17) is 5.73 Å². The average molecular weight is 278 g/mol. The summed E-state index contributed by atoms with van der Waals surface area (Å²) in [5.74, 6) is -0.343. The lowest BCUT2D eigenvalue weighted by atomic mass is 10.2. The van der Waals surface area contributed by atoms with Crippen LogP contribution in [-0.2, 0) is 4.79 Å². The topological polar surface area (TPSA) is 92.7 Å². The number of hydrogen-bond donors (Lipinski definition) is 1. The average Bonchev–Trinajstić information content (AvgIpc) is 2.63. The molecule has 20 heavy (non-hydrogen) atoms. The first-order chi connectivity index (χ1) is 9.58. The molecule has 0 saturated carbocycles. The fourth-order valence-electron chi connectivity index (χ4n) is 2.48. The Labute approximate surface area is 117 Å². The summed E-state index contributed by atoms with van der Waals surface area (Å²) in [6, 6.07) is 6.75. The van der Waals surface area contributed by atoms with E-state index in [1.165, 1.54) is 6.07 Å². The lowest BCUT2D eigenvalue weighted by Crippen LogP contribution is -2.36. The summed E-state index contributed by atoms with van der Waals surface area (Å²) >= 11 is 0. The standard InChI is InChI=1S/C13H18N4O3/c14-13(18)10-15-6-3-7-16(9-8-15)11-4-1-2-5-12(11)17(19)20/h1-2,4-5H,3,6-10H2,(H2,14,18). The molecule has 1 aromatic rings. The number of para-hydroxylation sites is 2. The monoisotopic (exact) mass is 278 g/mol. The summed E-state index contributed by atoms with van der Waals surface area (Å²) in [6.07, 6.45) is 0.847. The van der Waals surface area contributed by atoms with Crippen LogP contribution in [0.2, 0.25) is 0 Å². The fourth-order valence-corrected chi connectivity index (χ4v) is 2.48. The van der Waals surface area contributed by atoms with Gasteiger partial charge in [0.15, 0.2) is 0 Å². The predicted molar refractivity (Wildman–Crippen MR) is 75.6 cm³/mol. The molecule has 1 aliphatic heterocycles. The molecule has 1 heterocycles. The van der Waals surface area contributed by atoms with Gasteiger partial charge >= 0.3 is 0 Å². The zero-order valence-electron chi connectivity index (χ0n) is 11.2. The van der Waals surface area contributed by atoms with Gasteiger partial charge in [-0.2, -0.15) is 0 Å². The second kappa shape index (κ2) is 6.33. The number of nitrogens with two attached hydrogens (primary N) is 1. The van der Waals surface area contributed by atoms with Crippen LogP contribution >= 0.6 is 0 Å². The zero-order valence-corrected chi connectivity index (χ0v) is 11.2. The van der Waals surface area contributed by atoms with Crippen LogP contribution in [0.3, 0.4) is 0 Å². The third-order valence-electron chi connectivity index (χ3n) is 3.39. The van der Waals surface area contributed by atoms with E-state index < -0.39 is 0 Å². The van der Waals surface area contributed by atoms with Gasteiger partial charge in [-0.3, -0.25) is 19.8 Å². The van der Waals surface area contributed by atoms with Gasteiger partial charge in [0.1, 0.15) is 5.69 Å². The lowest BCUT2D eigenvalue weighted by Gasteiger charge is -2.22. The van der Waals surface area contributed by atoms with Crippen LogP contribution < -0.4 is 10.6 Å².